The number of rotatable bonds is 3. The highest BCUT2D eigenvalue weighted by atomic mass is 16.1. The van der Waals surface area contributed by atoms with Gasteiger partial charge in [-0.3, -0.25) is 14.4 Å². The number of nitrogens with two attached hydrogens (primary N) is 1. The fourth-order valence-electron chi connectivity index (χ4n) is 2.29. The number of amides is 1. The number of piperazine rings is 1. The third-order valence-electron chi connectivity index (χ3n) is 3.32. The van der Waals surface area contributed by atoms with Crippen LogP contribution in [-0.4, -0.2) is 46.3 Å². The highest BCUT2D eigenvalue weighted by Crippen LogP contribution is 2.22. The Labute approximate surface area is 101 Å². The van der Waals surface area contributed by atoms with E-state index < -0.39 is 0 Å². The van der Waals surface area contributed by atoms with Crippen LogP contribution in [0.3, 0.4) is 0 Å². The second-order valence-electron chi connectivity index (χ2n) is 4.48. The first kappa shape index (κ1) is 12.1. The molecule has 2 unspecified atom stereocenters. The second kappa shape index (κ2) is 4.85. The van der Waals surface area contributed by atoms with Gasteiger partial charge in [-0.25, -0.2) is 0 Å². The van der Waals surface area contributed by atoms with Gasteiger partial charge in [0.2, 0.25) is 5.91 Å². The van der Waals surface area contributed by atoms with Gasteiger partial charge in [0.15, 0.2) is 0 Å². The summed E-state index contributed by atoms with van der Waals surface area (Å²) in [6.45, 7) is 4.41. The van der Waals surface area contributed by atoms with E-state index in [1.807, 2.05) is 19.4 Å². The lowest BCUT2D eigenvalue weighted by Crippen LogP contribution is -2.57. The van der Waals surface area contributed by atoms with E-state index in [-0.39, 0.29) is 18.0 Å². The molecule has 1 fully saturated rings. The van der Waals surface area contributed by atoms with E-state index in [0.717, 1.165) is 18.7 Å². The summed E-state index contributed by atoms with van der Waals surface area (Å²) in [6.07, 6.45) is 3.81. The van der Waals surface area contributed by atoms with Gasteiger partial charge in [-0.1, -0.05) is 0 Å². The van der Waals surface area contributed by atoms with Gasteiger partial charge < -0.3 is 11.1 Å². The largest absolute Gasteiger partial charge is 0.368 e. The highest BCUT2D eigenvalue weighted by Gasteiger charge is 2.31. The van der Waals surface area contributed by atoms with Gasteiger partial charge in [-0.2, -0.15) is 5.10 Å². The quantitative estimate of drug-likeness (QED) is 0.724. The molecule has 2 rings (SSSR count). The van der Waals surface area contributed by atoms with Crippen LogP contribution >= 0.6 is 0 Å². The molecule has 1 aliphatic rings. The lowest BCUT2D eigenvalue weighted by atomic mass is 10.1. The minimum atomic E-state index is -0.270. The van der Waals surface area contributed by atoms with Crippen molar-refractivity contribution in [3.63, 3.8) is 0 Å². The number of hydrogen-bond donors (Lipinski definition) is 2. The molecular formula is C11H19N5O. The molecule has 0 saturated carbocycles. The monoisotopic (exact) mass is 237 g/mol. The number of hydrogen-bond acceptors (Lipinski definition) is 4. The molecule has 6 nitrogen and oxygen atoms in total. The normalized spacial score (nSPS) is 23.5. The Morgan fingerprint density at radius 3 is 3.06 bits per heavy atom. The van der Waals surface area contributed by atoms with Crippen molar-refractivity contribution in [2.75, 3.05) is 19.6 Å². The maximum atomic E-state index is 11.4. The molecule has 1 aliphatic heterocycles. The number of nitrogens with zero attached hydrogens (tertiary/aromatic N) is 3. The minimum absolute atomic E-state index is 0.156. The number of carbonyl (C=O) groups excluding carboxylic acids is 1. The number of carbonyl (C=O) groups is 1. The predicted molar refractivity (Wildman–Crippen MR) is 64.2 cm³/mol. The van der Waals surface area contributed by atoms with Crippen LogP contribution in [0.4, 0.5) is 0 Å². The Balaban J connectivity index is 2.16. The standard InChI is InChI=1S/C11H19N5O/c1-8(9-5-14-15(2)7-9)16-4-3-13-6-10(16)11(12)17/h5,7-8,10,13H,3-4,6H2,1-2H3,(H2,12,17). The molecule has 0 radical (unpaired) electrons. The van der Waals surface area contributed by atoms with Crippen LogP contribution in [0.1, 0.15) is 18.5 Å². The van der Waals surface area contributed by atoms with Crippen LogP contribution in [0.25, 0.3) is 0 Å². The Morgan fingerprint density at radius 2 is 2.47 bits per heavy atom. The molecule has 6 heteroatoms. The zero-order valence-electron chi connectivity index (χ0n) is 10.3. The summed E-state index contributed by atoms with van der Waals surface area (Å²) >= 11 is 0. The van der Waals surface area contributed by atoms with E-state index in [9.17, 15) is 4.79 Å². The molecule has 0 bridgehead atoms. The molecule has 0 spiro atoms. The minimum Gasteiger partial charge on any atom is -0.368 e. The third-order valence-corrected chi connectivity index (χ3v) is 3.32. The van der Waals surface area contributed by atoms with Crippen molar-refractivity contribution in [2.45, 2.75) is 19.0 Å². The van der Waals surface area contributed by atoms with E-state index in [0.29, 0.717) is 6.54 Å². The number of primary amides is 1. The molecule has 94 valence electrons. The first-order chi connectivity index (χ1) is 8.09. The summed E-state index contributed by atoms with van der Waals surface area (Å²) in [4.78, 5) is 13.6. The number of nitrogens with one attached hydrogen (secondary N) is 1. The lowest BCUT2D eigenvalue weighted by Gasteiger charge is -2.38. The van der Waals surface area contributed by atoms with Crippen LogP contribution < -0.4 is 11.1 Å². The van der Waals surface area contributed by atoms with E-state index in [1.54, 1.807) is 4.68 Å². The van der Waals surface area contributed by atoms with Gasteiger partial charge in [0.25, 0.3) is 0 Å². The van der Waals surface area contributed by atoms with Gasteiger partial charge in [0, 0.05) is 44.5 Å². The summed E-state index contributed by atoms with van der Waals surface area (Å²) < 4.78 is 1.77. The fraction of sp³-hybridized carbons (Fsp3) is 0.636. The Morgan fingerprint density at radius 1 is 1.71 bits per heavy atom. The molecule has 1 saturated heterocycles. The lowest BCUT2D eigenvalue weighted by molar-refractivity contribution is -0.124. The van der Waals surface area contributed by atoms with Gasteiger partial charge in [-0.15, -0.1) is 0 Å². The Hall–Kier alpha value is -1.40. The summed E-state index contributed by atoms with van der Waals surface area (Å²) in [5.41, 5.74) is 6.55. The van der Waals surface area contributed by atoms with Crippen molar-refractivity contribution in [1.82, 2.24) is 20.0 Å². The van der Waals surface area contributed by atoms with Crippen molar-refractivity contribution in [1.29, 1.82) is 0 Å². The molecular weight excluding hydrogens is 218 g/mol. The molecule has 0 aromatic carbocycles. The molecule has 2 atom stereocenters. The summed E-state index contributed by atoms with van der Waals surface area (Å²) in [7, 11) is 1.89. The van der Waals surface area contributed by atoms with Crippen LogP contribution in [0, 0.1) is 0 Å². The molecule has 0 aliphatic carbocycles. The van der Waals surface area contributed by atoms with Gasteiger partial charge >= 0.3 is 0 Å². The number of aryl methyl sites for hydroxylation is 1. The van der Waals surface area contributed by atoms with E-state index in [1.165, 1.54) is 0 Å². The molecule has 3 N–H and O–H groups in total. The topological polar surface area (TPSA) is 76.2 Å². The summed E-state index contributed by atoms with van der Waals surface area (Å²) in [5, 5.41) is 7.35. The predicted octanol–water partition coefficient (Wildman–Crippen LogP) is -0.760. The highest BCUT2D eigenvalue weighted by molar-refractivity contribution is 5.80. The summed E-state index contributed by atoms with van der Waals surface area (Å²) in [6, 6.07) is -0.0812. The van der Waals surface area contributed by atoms with Gasteiger partial charge in [-0.05, 0) is 6.92 Å². The van der Waals surface area contributed by atoms with Crippen LogP contribution in [0.2, 0.25) is 0 Å². The van der Waals surface area contributed by atoms with Crippen LogP contribution in [0.15, 0.2) is 12.4 Å². The molecule has 2 heterocycles. The molecule has 1 amide bonds. The first-order valence-electron chi connectivity index (χ1n) is 5.84. The molecule has 1 aromatic rings. The smallest absolute Gasteiger partial charge is 0.236 e. The fourth-order valence-corrected chi connectivity index (χ4v) is 2.29. The van der Waals surface area contributed by atoms with Crippen LogP contribution in [-0.2, 0) is 11.8 Å². The maximum absolute atomic E-state index is 11.4. The molecule has 17 heavy (non-hydrogen) atoms. The maximum Gasteiger partial charge on any atom is 0.236 e. The van der Waals surface area contributed by atoms with Gasteiger partial charge in [0.05, 0.1) is 6.20 Å². The number of aromatic nitrogens is 2. The van der Waals surface area contributed by atoms with E-state index in [2.05, 4.69) is 22.2 Å². The zero-order chi connectivity index (χ0) is 12.4. The third kappa shape index (κ3) is 2.48. The Bertz CT molecular complexity index is 402. The van der Waals surface area contributed by atoms with Crippen molar-refractivity contribution in [2.24, 2.45) is 12.8 Å². The van der Waals surface area contributed by atoms with Crippen molar-refractivity contribution < 1.29 is 4.79 Å². The zero-order valence-corrected chi connectivity index (χ0v) is 10.3. The van der Waals surface area contributed by atoms with E-state index in [4.69, 9.17) is 5.73 Å². The molecule has 1 aromatic heterocycles. The Kier molecular flexibility index (Phi) is 3.44. The van der Waals surface area contributed by atoms with Crippen molar-refractivity contribution >= 4 is 5.91 Å². The average Bonchev–Trinajstić information content (AvgIpc) is 2.75. The van der Waals surface area contributed by atoms with Crippen LogP contribution in [0.5, 0.6) is 0 Å². The van der Waals surface area contributed by atoms with E-state index >= 15 is 0 Å². The van der Waals surface area contributed by atoms with Crippen molar-refractivity contribution in [3.8, 4) is 0 Å². The SMILES string of the molecule is CC(c1cnn(C)c1)N1CCNCC1C(N)=O. The first-order valence-corrected chi connectivity index (χ1v) is 5.84. The summed E-state index contributed by atoms with van der Waals surface area (Å²) in [5.74, 6) is -0.270. The average molecular weight is 237 g/mol. The second-order valence-corrected chi connectivity index (χ2v) is 4.48. The van der Waals surface area contributed by atoms with Gasteiger partial charge in [0.1, 0.15) is 6.04 Å². The van der Waals surface area contributed by atoms with Crippen molar-refractivity contribution in [3.05, 3.63) is 18.0 Å².